The van der Waals surface area contributed by atoms with Crippen molar-refractivity contribution in [1.29, 1.82) is 0 Å². The van der Waals surface area contributed by atoms with E-state index in [0.717, 1.165) is 34.1 Å². The Morgan fingerprint density at radius 2 is 1.89 bits per heavy atom. The van der Waals surface area contributed by atoms with Crippen molar-refractivity contribution in [3.8, 4) is 0 Å². The second-order valence-corrected chi connectivity index (χ2v) is 6.87. The zero-order valence-electron chi connectivity index (χ0n) is 16.7. The van der Waals surface area contributed by atoms with Crippen molar-refractivity contribution >= 4 is 11.6 Å². The second-order valence-electron chi connectivity index (χ2n) is 6.46. The third kappa shape index (κ3) is 5.80. The van der Waals surface area contributed by atoms with Crippen molar-refractivity contribution in [2.45, 2.75) is 19.8 Å². The fourth-order valence-electron chi connectivity index (χ4n) is 3.28. The predicted molar refractivity (Wildman–Crippen MR) is 110 cm³/mol. The number of hydrogen-bond donors (Lipinski definition) is 2. The predicted octanol–water partition coefficient (Wildman–Crippen LogP) is 3.47. The molecule has 1 aromatic carbocycles. The first-order chi connectivity index (χ1) is 13.1. The molecule has 0 spiro atoms. The lowest BCUT2D eigenvalue weighted by molar-refractivity contribution is 0.144. The van der Waals surface area contributed by atoms with Crippen LogP contribution >= 0.6 is 11.6 Å². The number of likely N-dealkylation sites (N-methyl/N-ethyl adjacent to an activating group) is 1. The third-order valence-corrected chi connectivity index (χ3v) is 4.97. The van der Waals surface area contributed by atoms with Gasteiger partial charge in [-0.3, -0.25) is 0 Å². The van der Waals surface area contributed by atoms with Crippen molar-refractivity contribution in [1.82, 2.24) is 10.6 Å². The summed E-state index contributed by atoms with van der Waals surface area (Å²) in [6, 6.07) is 7.98. The number of rotatable bonds is 11. The number of ether oxygens (including phenoxy) is 3. The molecule has 2 rings (SSSR count). The van der Waals surface area contributed by atoms with Gasteiger partial charge in [-0.25, -0.2) is 0 Å². The summed E-state index contributed by atoms with van der Waals surface area (Å²) >= 11 is 6.58. The van der Waals surface area contributed by atoms with Gasteiger partial charge in [0.15, 0.2) is 0 Å². The molecule has 0 aliphatic carbocycles. The average molecular weight is 395 g/mol. The van der Waals surface area contributed by atoms with Gasteiger partial charge in [0.2, 0.25) is 0 Å². The lowest BCUT2D eigenvalue weighted by Crippen LogP contribution is -2.32. The molecule has 0 radical (unpaired) electrons. The normalized spacial score (nSPS) is 17.4. The van der Waals surface area contributed by atoms with Crippen LogP contribution in [0, 0.1) is 0 Å². The Balaban J connectivity index is 2.44. The zero-order valence-corrected chi connectivity index (χ0v) is 17.5. The molecule has 150 valence electrons. The van der Waals surface area contributed by atoms with Gasteiger partial charge >= 0.3 is 0 Å². The van der Waals surface area contributed by atoms with Crippen LogP contribution in [0.25, 0.3) is 0 Å². The fourth-order valence-corrected chi connectivity index (χ4v) is 3.52. The van der Waals surface area contributed by atoms with E-state index in [1.807, 2.05) is 32.2 Å². The molecule has 1 heterocycles. The highest BCUT2D eigenvalue weighted by atomic mass is 35.5. The number of dihydropyridines is 1. The molecule has 1 aliphatic rings. The summed E-state index contributed by atoms with van der Waals surface area (Å²) < 4.78 is 17.2. The lowest BCUT2D eigenvalue weighted by Gasteiger charge is -2.34. The molecule has 2 N–H and O–H groups in total. The van der Waals surface area contributed by atoms with Gasteiger partial charge in [-0.2, -0.15) is 0 Å². The van der Waals surface area contributed by atoms with Crippen molar-refractivity contribution < 1.29 is 14.2 Å². The maximum absolute atomic E-state index is 6.58. The minimum Gasteiger partial charge on any atom is -0.380 e. The van der Waals surface area contributed by atoms with E-state index < -0.39 is 0 Å². The van der Waals surface area contributed by atoms with Gasteiger partial charge < -0.3 is 24.8 Å². The number of nitrogens with one attached hydrogen (secondary N) is 2. The monoisotopic (exact) mass is 394 g/mol. The van der Waals surface area contributed by atoms with Crippen LogP contribution in [-0.2, 0) is 14.2 Å². The summed E-state index contributed by atoms with van der Waals surface area (Å²) in [7, 11) is 3.63. The number of allylic oxidation sites excluding steroid dienone is 1. The first kappa shape index (κ1) is 21.9. The summed E-state index contributed by atoms with van der Waals surface area (Å²) in [4.78, 5) is 0. The van der Waals surface area contributed by atoms with Crippen LogP contribution in [0.3, 0.4) is 0 Å². The molecule has 1 aliphatic heterocycles. The van der Waals surface area contributed by atoms with Crippen LogP contribution in [0.1, 0.15) is 25.3 Å². The van der Waals surface area contributed by atoms with Crippen LogP contribution in [0.4, 0.5) is 0 Å². The molecular weight excluding hydrogens is 364 g/mol. The van der Waals surface area contributed by atoms with Gasteiger partial charge in [-0.1, -0.05) is 29.8 Å². The summed E-state index contributed by atoms with van der Waals surface area (Å²) in [5.41, 5.74) is 5.50. The molecule has 5 nitrogen and oxygen atoms in total. The molecule has 0 aromatic heterocycles. The van der Waals surface area contributed by atoms with Crippen LogP contribution in [-0.4, -0.2) is 53.7 Å². The van der Waals surface area contributed by atoms with E-state index in [4.69, 9.17) is 25.8 Å². The first-order valence-electron chi connectivity index (χ1n) is 9.36. The van der Waals surface area contributed by atoms with Gasteiger partial charge in [0.25, 0.3) is 0 Å². The highest BCUT2D eigenvalue weighted by Crippen LogP contribution is 2.40. The van der Waals surface area contributed by atoms with Gasteiger partial charge in [-0.15, -0.1) is 0 Å². The molecule has 1 unspecified atom stereocenters. The Kier molecular flexibility index (Phi) is 9.31. The van der Waals surface area contributed by atoms with E-state index in [9.17, 15) is 0 Å². The molecule has 1 aromatic rings. The van der Waals surface area contributed by atoms with Gasteiger partial charge in [0.05, 0.1) is 26.4 Å². The van der Waals surface area contributed by atoms with Crippen molar-refractivity contribution in [2.75, 3.05) is 53.7 Å². The molecule has 27 heavy (non-hydrogen) atoms. The molecule has 0 bridgehead atoms. The molecule has 0 saturated carbocycles. The van der Waals surface area contributed by atoms with E-state index in [2.05, 4.69) is 23.6 Å². The summed E-state index contributed by atoms with van der Waals surface area (Å²) in [6.45, 7) is 7.73. The minimum absolute atomic E-state index is 0.00866. The number of methoxy groups -OCH3 is 1. The summed E-state index contributed by atoms with van der Waals surface area (Å²) in [5.74, 6) is 0.00866. The van der Waals surface area contributed by atoms with E-state index in [1.165, 1.54) is 5.57 Å². The topological polar surface area (TPSA) is 51.8 Å². The van der Waals surface area contributed by atoms with E-state index in [0.29, 0.717) is 33.0 Å². The smallest absolute Gasteiger partial charge is 0.0867 e. The Morgan fingerprint density at radius 3 is 2.56 bits per heavy atom. The first-order valence-corrected chi connectivity index (χ1v) is 9.73. The number of hydrogen-bond acceptors (Lipinski definition) is 5. The van der Waals surface area contributed by atoms with E-state index in [1.54, 1.807) is 7.11 Å². The van der Waals surface area contributed by atoms with Gasteiger partial charge in [0.1, 0.15) is 0 Å². The van der Waals surface area contributed by atoms with E-state index >= 15 is 0 Å². The standard InChI is InChI=1S/C21H31ClN2O3/c1-5-26-13-18-20(14-27-11-10-23-3)24-15(2)17(12-25-4)21(18)16-8-6-7-9-19(16)22/h6-9,21,23-24H,5,10-14H2,1-4H3. The van der Waals surface area contributed by atoms with Crippen molar-refractivity contribution in [3.63, 3.8) is 0 Å². The van der Waals surface area contributed by atoms with E-state index in [-0.39, 0.29) is 5.92 Å². The average Bonchev–Trinajstić information content (AvgIpc) is 2.66. The van der Waals surface area contributed by atoms with Crippen LogP contribution < -0.4 is 10.6 Å². The van der Waals surface area contributed by atoms with Crippen LogP contribution in [0.15, 0.2) is 46.8 Å². The van der Waals surface area contributed by atoms with Gasteiger partial charge in [0, 0.05) is 42.6 Å². The highest BCUT2D eigenvalue weighted by Gasteiger charge is 2.31. The SMILES string of the molecule is CCOCC1=C(COCCNC)NC(C)=C(COC)C1c1ccccc1Cl. The number of halogens is 1. The Morgan fingerprint density at radius 1 is 1.11 bits per heavy atom. The molecular formula is C21H31ClN2O3. The quantitative estimate of drug-likeness (QED) is 0.563. The second kappa shape index (κ2) is 11.5. The maximum atomic E-state index is 6.58. The molecule has 1 atom stereocenters. The van der Waals surface area contributed by atoms with Crippen molar-refractivity contribution in [3.05, 3.63) is 57.4 Å². The Hall–Kier alpha value is -1.37. The Labute approximate surface area is 167 Å². The zero-order chi connectivity index (χ0) is 19.6. The maximum Gasteiger partial charge on any atom is 0.0867 e. The minimum atomic E-state index is 0.00866. The van der Waals surface area contributed by atoms with Crippen LogP contribution in [0.2, 0.25) is 5.02 Å². The summed E-state index contributed by atoms with van der Waals surface area (Å²) in [5, 5.41) is 7.36. The largest absolute Gasteiger partial charge is 0.380 e. The molecule has 0 saturated heterocycles. The van der Waals surface area contributed by atoms with Crippen molar-refractivity contribution in [2.24, 2.45) is 0 Å². The van der Waals surface area contributed by atoms with Crippen LogP contribution in [0.5, 0.6) is 0 Å². The van der Waals surface area contributed by atoms with Gasteiger partial charge in [-0.05, 0) is 43.7 Å². The third-order valence-electron chi connectivity index (χ3n) is 4.63. The Bertz CT molecular complexity index is 673. The lowest BCUT2D eigenvalue weighted by atomic mass is 9.81. The number of benzene rings is 1. The highest BCUT2D eigenvalue weighted by molar-refractivity contribution is 6.31. The fraction of sp³-hybridized carbons (Fsp3) is 0.524. The summed E-state index contributed by atoms with van der Waals surface area (Å²) in [6.07, 6.45) is 0. The molecule has 0 amide bonds. The molecule has 0 fully saturated rings. The molecule has 6 heteroatoms.